The van der Waals surface area contributed by atoms with E-state index >= 15 is 0 Å². The number of hydrogen-bond donors (Lipinski definition) is 0. The zero-order chi connectivity index (χ0) is 13.6. The van der Waals surface area contributed by atoms with E-state index in [0.29, 0.717) is 0 Å². The third-order valence-corrected chi connectivity index (χ3v) is 1.13. The molecular formula is C12H19N2O2Ru. The maximum Gasteiger partial charge on any atom is 3.00 e. The van der Waals surface area contributed by atoms with Crippen LogP contribution < -0.4 is 0 Å². The van der Waals surface area contributed by atoms with Crippen LogP contribution in [0, 0.1) is 19.8 Å². The SMILES string of the molecule is C[C-](C)C.Cc1nccnc1C.[CH-]=O.[CH-]=O.[Ru+3]. The molecule has 1 radical (unpaired) electrons. The molecule has 0 atom stereocenters. The number of hydrogen-bond acceptors (Lipinski definition) is 4. The summed E-state index contributed by atoms with van der Waals surface area (Å²) in [5, 5.41) is 0. The molecule has 0 unspecified atom stereocenters. The predicted molar refractivity (Wildman–Crippen MR) is 65.3 cm³/mol. The van der Waals surface area contributed by atoms with Gasteiger partial charge in [-0.25, -0.2) is 0 Å². The molecule has 0 aliphatic heterocycles. The fraction of sp³-hybridized carbons (Fsp3) is 0.417. The summed E-state index contributed by atoms with van der Waals surface area (Å²) in [6, 6.07) is 0. The minimum absolute atomic E-state index is 0. The van der Waals surface area contributed by atoms with Gasteiger partial charge in [0.25, 0.3) is 0 Å². The van der Waals surface area contributed by atoms with Crippen LogP contribution in [0.15, 0.2) is 12.4 Å². The van der Waals surface area contributed by atoms with Gasteiger partial charge in [-0.2, -0.15) is 20.8 Å². The van der Waals surface area contributed by atoms with Gasteiger partial charge in [0.15, 0.2) is 0 Å². The van der Waals surface area contributed by atoms with E-state index in [0.717, 1.165) is 11.4 Å². The monoisotopic (exact) mass is 325 g/mol. The minimum atomic E-state index is 0. The van der Waals surface area contributed by atoms with E-state index < -0.39 is 0 Å². The maximum absolute atomic E-state index is 7.75. The van der Waals surface area contributed by atoms with Crippen LogP contribution in [-0.2, 0) is 29.1 Å². The third kappa shape index (κ3) is 25.4. The predicted octanol–water partition coefficient (Wildman–Crippen LogP) is 2.16. The average molecular weight is 324 g/mol. The van der Waals surface area contributed by atoms with Crippen molar-refractivity contribution < 1.29 is 29.1 Å². The van der Waals surface area contributed by atoms with Crippen LogP contribution in [0.4, 0.5) is 0 Å². The van der Waals surface area contributed by atoms with Crippen molar-refractivity contribution in [3.63, 3.8) is 0 Å². The average Bonchev–Trinajstić information content (AvgIpc) is 2.27. The first-order chi connectivity index (χ1) is 7.54. The van der Waals surface area contributed by atoms with Crippen LogP contribution >= 0.6 is 0 Å². The molecule has 1 aromatic rings. The summed E-state index contributed by atoms with van der Waals surface area (Å²) in [7, 11) is 0. The van der Waals surface area contributed by atoms with E-state index in [4.69, 9.17) is 9.59 Å². The van der Waals surface area contributed by atoms with Gasteiger partial charge in [-0.1, -0.05) is 0 Å². The molecule has 17 heavy (non-hydrogen) atoms. The largest absolute Gasteiger partial charge is 3.00 e. The Balaban J connectivity index is -0.0000000814. The smallest absolute Gasteiger partial charge is 0.545 e. The topological polar surface area (TPSA) is 59.9 Å². The summed E-state index contributed by atoms with van der Waals surface area (Å²) in [4.78, 5) is 23.5. The third-order valence-electron chi connectivity index (χ3n) is 1.13. The second-order valence-corrected chi connectivity index (χ2v) is 3.23. The van der Waals surface area contributed by atoms with Crippen molar-refractivity contribution in [2.75, 3.05) is 0 Å². The Labute approximate surface area is 117 Å². The van der Waals surface area contributed by atoms with Crippen LogP contribution in [0.3, 0.4) is 0 Å². The molecule has 0 N–H and O–H groups in total. The molecule has 97 valence electrons. The summed E-state index contributed by atoms with van der Waals surface area (Å²) < 4.78 is 0. The van der Waals surface area contributed by atoms with Gasteiger partial charge in [0.1, 0.15) is 0 Å². The maximum atomic E-state index is 7.75. The quantitative estimate of drug-likeness (QED) is 0.417. The van der Waals surface area contributed by atoms with E-state index in [2.05, 4.69) is 44.3 Å². The normalized spacial score (nSPS) is 6.94. The Bertz CT molecular complexity index is 232. The number of rotatable bonds is 0. The van der Waals surface area contributed by atoms with Gasteiger partial charge in [-0.3, -0.25) is 23.5 Å². The summed E-state index contributed by atoms with van der Waals surface area (Å²) in [6.45, 7) is 16.6. The van der Waals surface area contributed by atoms with Gasteiger partial charge in [-0.15, -0.1) is 0 Å². The summed E-state index contributed by atoms with van der Waals surface area (Å²) in [6.07, 6.45) is 3.39. The Morgan fingerprint density at radius 3 is 1.18 bits per heavy atom. The van der Waals surface area contributed by atoms with E-state index in [1.807, 2.05) is 13.8 Å². The molecule has 0 saturated carbocycles. The van der Waals surface area contributed by atoms with Crippen LogP contribution in [0.25, 0.3) is 0 Å². The summed E-state index contributed by atoms with van der Waals surface area (Å²) in [5.74, 6) is 1.42. The van der Waals surface area contributed by atoms with Crippen molar-refractivity contribution in [1.29, 1.82) is 0 Å². The van der Waals surface area contributed by atoms with Gasteiger partial charge in [-0.05, 0) is 13.8 Å². The number of carbonyl (C=O) groups excluding carboxylic acids is 2. The molecule has 1 aromatic heterocycles. The minimum Gasteiger partial charge on any atom is -0.545 e. The van der Waals surface area contributed by atoms with Gasteiger partial charge < -0.3 is 15.5 Å². The van der Waals surface area contributed by atoms with Crippen LogP contribution in [0.1, 0.15) is 32.2 Å². The zero-order valence-corrected chi connectivity index (χ0v) is 12.6. The molecule has 0 fully saturated rings. The van der Waals surface area contributed by atoms with Gasteiger partial charge in [0, 0.05) is 12.4 Å². The van der Waals surface area contributed by atoms with E-state index in [9.17, 15) is 0 Å². The van der Waals surface area contributed by atoms with Crippen LogP contribution in [-0.4, -0.2) is 23.5 Å². The molecule has 0 aliphatic rings. The van der Waals surface area contributed by atoms with Crippen molar-refractivity contribution in [3.8, 4) is 0 Å². The first-order valence-electron chi connectivity index (χ1n) is 4.52. The molecule has 0 saturated heterocycles. The Kier molecular flexibility index (Phi) is 30.1. The summed E-state index contributed by atoms with van der Waals surface area (Å²) in [5.41, 5.74) is 2.01. The molecule has 0 aliphatic carbocycles. The Hall–Kier alpha value is -0.957. The second-order valence-electron chi connectivity index (χ2n) is 3.23. The molecule has 0 aromatic carbocycles. The fourth-order valence-electron chi connectivity index (χ4n) is 0.477. The van der Waals surface area contributed by atoms with E-state index in [1.165, 1.54) is 5.92 Å². The van der Waals surface area contributed by atoms with Crippen molar-refractivity contribution in [3.05, 3.63) is 29.7 Å². The zero-order valence-electron chi connectivity index (χ0n) is 10.9. The van der Waals surface area contributed by atoms with Crippen molar-refractivity contribution >= 4 is 13.6 Å². The molecule has 0 amide bonds. The van der Waals surface area contributed by atoms with Gasteiger partial charge >= 0.3 is 19.5 Å². The Morgan fingerprint density at radius 2 is 1.06 bits per heavy atom. The first kappa shape index (κ1) is 25.0. The number of aryl methyl sites for hydroxylation is 2. The fourth-order valence-corrected chi connectivity index (χ4v) is 0.477. The van der Waals surface area contributed by atoms with Crippen molar-refractivity contribution in [2.45, 2.75) is 34.6 Å². The van der Waals surface area contributed by atoms with Gasteiger partial charge in [0.2, 0.25) is 0 Å². The number of nitrogens with zero attached hydrogens (tertiary/aromatic N) is 2. The molecule has 5 heteroatoms. The standard InChI is InChI=1S/C6H8N2.C4H9.2CHO.Ru/c1-5-6(2)8-4-3-7-5;1-4(2)3;2*1-2;/h3-4H,1-2H3;1-3H3;2*1H;/q;3*-1;+3. The molecule has 4 nitrogen and oxygen atoms in total. The van der Waals surface area contributed by atoms with Crippen LogP contribution in [0.5, 0.6) is 0 Å². The van der Waals surface area contributed by atoms with E-state index in [-0.39, 0.29) is 19.5 Å². The van der Waals surface area contributed by atoms with Crippen LogP contribution in [0.2, 0.25) is 0 Å². The summed E-state index contributed by atoms with van der Waals surface area (Å²) >= 11 is 0. The number of aromatic nitrogens is 2. The Morgan fingerprint density at radius 1 is 0.882 bits per heavy atom. The molecule has 0 spiro atoms. The first-order valence-corrected chi connectivity index (χ1v) is 4.52. The molecule has 0 bridgehead atoms. The molecule has 1 rings (SSSR count). The van der Waals surface area contributed by atoms with Gasteiger partial charge in [0.05, 0.1) is 11.4 Å². The van der Waals surface area contributed by atoms with E-state index in [1.54, 1.807) is 12.4 Å². The van der Waals surface area contributed by atoms with Crippen molar-refractivity contribution in [2.24, 2.45) is 0 Å². The molecular weight excluding hydrogens is 305 g/mol. The second kappa shape index (κ2) is 20.5. The van der Waals surface area contributed by atoms with Crippen molar-refractivity contribution in [1.82, 2.24) is 9.97 Å². The molecule has 1 heterocycles.